The monoisotopic (exact) mass is 445 g/mol. The highest BCUT2D eigenvalue weighted by atomic mass is 127. The SMILES string of the molecule is Cc1ccc(NCc2cc(Br)c3c(c2)OCO3)cc1I. The Morgan fingerprint density at radius 2 is 2.10 bits per heavy atom. The molecule has 0 atom stereocenters. The Hall–Kier alpha value is -0.950. The lowest BCUT2D eigenvalue weighted by molar-refractivity contribution is 0.173. The van der Waals surface area contributed by atoms with Gasteiger partial charge in [-0.3, -0.25) is 0 Å². The van der Waals surface area contributed by atoms with E-state index in [1.807, 2.05) is 6.07 Å². The minimum Gasteiger partial charge on any atom is -0.454 e. The minimum atomic E-state index is 0.293. The molecule has 1 aliphatic heterocycles. The number of benzene rings is 2. The summed E-state index contributed by atoms with van der Waals surface area (Å²) in [5.41, 5.74) is 3.56. The van der Waals surface area contributed by atoms with Crippen molar-refractivity contribution in [2.24, 2.45) is 0 Å². The molecule has 1 N–H and O–H groups in total. The van der Waals surface area contributed by atoms with E-state index in [1.165, 1.54) is 9.13 Å². The Morgan fingerprint density at radius 1 is 1.25 bits per heavy atom. The molecule has 0 saturated carbocycles. The van der Waals surface area contributed by atoms with Crippen LogP contribution < -0.4 is 14.8 Å². The fourth-order valence-corrected chi connectivity index (χ4v) is 3.15. The second kappa shape index (κ2) is 5.81. The standard InChI is InChI=1S/C15H13BrINO2/c1-9-2-3-11(6-13(9)17)18-7-10-4-12(16)15-14(5-10)19-8-20-15/h2-6,18H,7-8H2,1H3. The van der Waals surface area contributed by atoms with Gasteiger partial charge in [-0.05, 0) is 80.8 Å². The van der Waals surface area contributed by atoms with Crippen molar-refractivity contribution in [2.75, 3.05) is 12.1 Å². The van der Waals surface area contributed by atoms with Gasteiger partial charge < -0.3 is 14.8 Å². The van der Waals surface area contributed by atoms with Gasteiger partial charge >= 0.3 is 0 Å². The van der Waals surface area contributed by atoms with E-state index in [2.05, 4.69) is 75.0 Å². The third-order valence-electron chi connectivity index (χ3n) is 3.16. The first kappa shape index (κ1) is 14.0. The summed E-state index contributed by atoms with van der Waals surface area (Å²) in [5, 5.41) is 3.43. The second-order valence-electron chi connectivity index (χ2n) is 4.63. The van der Waals surface area contributed by atoms with Crippen LogP contribution in [-0.4, -0.2) is 6.79 Å². The summed E-state index contributed by atoms with van der Waals surface area (Å²) in [6.07, 6.45) is 0. The molecule has 0 fully saturated rings. The van der Waals surface area contributed by atoms with Crippen LogP contribution in [0.4, 0.5) is 5.69 Å². The molecule has 1 aliphatic rings. The summed E-state index contributed by atoms with van der Waals surface area (Å²) in [6.45, 7) is 3.15. The normalized spacial score (nSPS) is 12.6. The van der Waals surface area contributed by atoms with E-state index < -0.39 is 0 Å². The number of halogens is 2. The van der Waals surface area contributed by atoms with E-state index in [0.717, 1.165) is 33.8 Å². The molecule has 0 spiro atoms. The smallest absolute Gasteiger partial charge is 0.231 e. The Kier molecular flexibility index (Phi) is 4.07. The Labute approximate surface area is 139 Å². The number of anilines is 1. The van der Waals surface area contributed by atoms with Gasteiger partial charge in [0.1, 0.15) is 0 Å². The van der Waals surface area contributed by atoms with Gasteiger partial charge in [-0.2, -0.15) is 0 Å². The fourth-order valence-electron chi connectivity index (χ4n) is 2.03. The van der Waals surface area contributed by atoms with Crippen LogP contribution in [0.2, 0.25) is 0 Å². The Bertz CT molecular complexity index is 661. The zero-order chi connectivity index (χ0) is 14.1. The fraction of sp³-hybridized carbons (Fsp3) is 0.200. The number of nitrogens with one attached hydrogen (secondary N) is 1. The molecule has 0 radical (unpaired) electrons. The van der Waals surface area contributed by atoms with E-state index >= 15 is 0 Å². The molecule has 0 unspecified atom stereocenters. The average Bonchev–Trinajstić information content (AvgIpc) is 2.89. The number of aryl methyl sites for hydroxylation is 1. The number of ether oxygens (including phenoxy) is 2. The lowest BCUT2D eigenvalue weighted by Gasteiger charge is -2.09. The Morgan fingerprint density at radius 3 is 2.90 bits per heavy atom. The molecule has 2 aromatic rings. The number of rotatable bonds is 3. The average molecular weight is 446 g/mol. The van der Waals surface area contributed by atoms with Crippen molar-refractivity contribution < 1.29 is 9.47 Å². The highest BCUT2D eigenvalue weighted by molar-refractivity contribution is 14.1. The molecule has 20 heavy (non-hydrogen) atoms. The van der Waals surface area contributed by atoms with Crippen molar-refractivity contribution >= 4 is 44.2 Å². The largest absolute Gasteiger partial charge is 0.454 e. The van der Waals surface area contributed by atoms with Gasteiger partial charge in [0.05, 0.1) is 4.47 Å². The molecule has 3 nitrogen and oxygen atoms in total. The molecule has 2 aromatic carbocycles. The molecule has 5 heteroatoms. The van der Waals surface area contributed by atoms with Crippen molar-refractivity contribution in [2.45, 2.75) is 13.5 Å². The van der Waals surface area contributed by atoms with Gasteiger partial charge in [-0.15, -0.1) is 0 Å². The molecule has 104 valence electrons. The summed E-state index contributed by atoms with van der Waals surface area (Å²) < 4.78 is 13.0. The summed E-state index contributed by atoms with van der Waals surface area (Å²) in [4.78, 5) is 0. The maximum absolute atomic E-state index is 5.43. The van der Waals surface area contributed by atoms with Gasteiger partial charge in [0.2, 0.25) is 6.79 Å². The van der Waals surface area contributed by atoms with Crippen LogP contribution in [0.5, 0.6) is 11.5 Å². The maximum Gasteiger partial charge on any atom is 0.231 e. The predicted molar refractivity (Wildman–Crippen MR) is 91.5 cm³/mol. The first-order valence-corrected chi connectivity index (χ1v) is 8.09. The van der Waals surface area contributed by atoms with Crippen LogP contribution in [0.25, 0.3) is 0 Å². The first-order chi connectivity index (χ1) is 9.63. The molecular formula is C15H13BrINO2. The highest BCUT2D eigenvalue weighted by Crippen LogP contribution is 2.40. The van der Waals surface area contributed by atoms with E-state index in [9.17, 15) is 0 Å². The molecule has 3 rings (SSSR count). The molecule has 0 amide bonds. The van der Waals surface area contributed by atoms with E-state index in [-0.39, 0.29) is 0 Å². The van der Waals surface area contributed by atoms with Crippen molar-refractivity contribution in [3.63, 3.8) is 0 Å². The number of fused-ring (bicyclic) bond motifs is 1. The quantitative estimate of drug-likeness (QED) is 0.694. The van der Waals surface area contributed by atoms with Crippen LogP contribution in [0.15, 0.2) is 34.8 Å². The zero-order valence-electron chi connectivity index (χ0n) is 10.9. The minimum absolute atomic E-state index is 0.293. The molecule has 0 aliphatic carbocycles. The predicted octanol–water partition coefficient (Wildman–Crippen LogP) is 4.70. The van der Waals surface area contributed by atoms with Gasteiger partial charge in [-0.25, -0.2) is 0 Å². The van der Waals surface area contributed by atoms with Crippen LogP contribution in [-0.2, 0) is 6.54 Å². The number of hydrogen-bond donors (Lipinski definition) is 1. The van der Waals surface area contributed by atoms with Gasteiger partial charge in [-0.1, -0.05) is 6.07 Å². The topological polar surface area (TPSA) is 30.5 Å². The first-order valence-electron chi connectivity index (χ1n) is 6.21. The van der Waals surface area contributed by atoms with Crippen LogP contribution >= 0.6 is 38.5 Å². The highest BCUT2D eigenvalue weighted by Gasteiger charge is 2.17. The molecule has 1 heterocycles. The van der Waals surface area contributed by atoms with Gasteiger partial charge in [0, 0.05) is 15.8 Å². The lowest BCUT2D eigenvalue weighted by Crippen LogP contribution is -2.00. The summed E-state index contributed by atoms with van der Waals surface area (Å²) in [7, 11) is 0. The third kappa shape index (κ3) is 2.88. The summed E-state index contributed by atoms with van der Waals surface area (Å²) in [5.74, 6) is 1.59. The van der Waals surface area contributed by atoms with E-state index in [1.54, 1.807) is 0 Å². The molecule has 0 aromatic heterocycles. The van der Waals surface area contributed by atoms with Crippen LogP contribution in [0.1, 0.15) is 11.1 Å². The van der Waals surface area contributed by atoms with Gasteiger partial charge in [0.15, 0.2) is 11.5 Å². The van der Waals surface area contributed by atoms with Crippen molar-refractivity contribution in [3.8, 4) is 11.5 Å². The molecular weight excluding hydrogens is 433 g/mol. The van der Waals surface area contributed by atoms with Crippen LogP contribution in [0, 0.1) is 10.5 Å². The third-order valence-corrected chi connectivity index (χ3v) is 4.91. The maximum atomic E-state index is 5.43. The van der Waals surface area contributed by atoms with E-state index in [0.29, 0.717) is 6.79 Å². The van der Waals surface area contributed by atoms with Crippen molar-refractivity contribution in [3.05, 3.63) is 49.5 Å². The van der Waals surface area contributed by atoms with Crippen LogP contribution in [0.3, 0.4) is 0 Å². The lowest BCUT2D eigenvalue weighted by atomic mass is 10.2. The molecule has 0 saturated heterocycles. The second-order valence-corrected chi connectivity index (χ2v) is 6.65. The summed E-state index contributed by atoms with van der Waals surface area (Å²) in [6, 6.07) is 10.4. The summed E-state index contributed by atoms with van der Waals surface area (Å²) >= 11 is 5.86. The zero-order valence-corrected chi connectivity index (χ0v) is 14.6. The molecule has 0 bridgehead atoms. The van der Waals surface area contributed by atoms with Gasteiger partial charge in [0.25, 0.3) is 0 Å². The van der Waals surface area contributed by atoms with E-state index in [4.69, 9.17) is 9.47 Å². The van der Waals surface area contributed by atoms with Crippen molar-refractivity contribution in [1.82, 2.24) is 0 Å². The Balaban J connectivity index is 1.75. The van der Waals surface area contributed by atoms with Crippen molar-refractivity contribution in [1.29, 1.82) is 0 Å². The number of hydrogen-bond acceptors (Lipinski definition) is 3.